The minimum atomic E-state index is -0.459. The van der Waals surface area contributed by atoms with Gasteiger partial charge in [0.25, 0.3) is 5.91 Å². The van der Waals surface area contributed by atoms with Gasteiger partial charge in [-0.1, -0.05) is 37.3 Å². The Kier molecular flexibility index (Phi) is 4.61. The minimum absolute atomic E-state index is 0.0517. The highest BCUT2D eigenvalue weighted by molar-refractivity contribution is 5.99. The van der Waals surface area contributed by atoms with Crippen LogP contribution in [0.25, 0.3) is 0 Å². The molecule has 0 unspecified atom stereocenters. The SMILES string of the molecule is CC[C@H](Oc1cccc(C)c1C)C(=O)N1c2ccccc2C[C@@H]1C. The molecule has 24 heavy (non-hydrogen) atoms. The molecule has 1 aliphatic rings. The molecule has 3 heteroatoms. The molecule has 0 saturated heterocycles. The zero-order chi connectivity index (χ0) is 17.3. The number of fused-ring (bicyclic) bond motifs is 1. The average Bonchev–Trinajstić information content (AvgIpc) is 2.91. The largest absolute Gasteiger partial charge is 0.480 e. The predicted molar refractivity (Wildman–Crippen MR) is 97.7 cm³/mol. The molecule has 1 heterocycles. The molecular weight excluding hydrogens is 298 g/mol. The van der Waals surface area contributed by atoms with Gasteiger partial charge in [-0.05, 0) is 62.4 Å². The molecule has 0 radical (unpaired) electrons. The van der Waals surface area contributed by atoms with Crippen LogP contribution >= 0.6 is 0 Å². The van der Waals surface area contributed by atoms with Crippen LogP contribution in [0.15, 0.2) is 42.5 Å². The fraction of sp³-hybridized carbons (Fsp3) is 0.381. The normalized spacial score (nSPS) is 17.5. The third-order valence-corrected chi connectivity index (χ3v) is 4.92. The summed E-state index contributed by atoms with van der Waals surface area (Å²) in [5.74, 6) is 0.853. The van der Waals surface area contributed by atoms with E-state index in [4.69, 9.17) is 4.74 Å². The lowest BCUT2D eigenvalue weighted by molar-refractivity contribution is -0.125. The summed E-state index contributed by atoms with van der Waals surface area (Å²) in [5.41, 5.74) is 4.53. The van der Waals surface area contributed by atoms with Crippen LogP contribution in [0.2, 0.25) is 0 Å². The summed E-state index contributed by atoms with van der Waals surface area (Å²) < 4.78 is 6.12. The molecule has 3 rings (SSSR count). The zero-order valence-corrected chi connectivity index (χ0v) is 14.9. The van der Waals surface area contributed by atoms with Crippen LogP contribution in [-0.4, -0.2) is 18.1 Å². The van der Waals surface area contributed by atoms with Gasteiger partial charge in [-0.2, -0.15) is 0 Å². The van der Waals surface area contributed by atoms with Crippen LogP contribution in [-0.2, 0) is 11.2 Å². The molecule has 0 fully saturated rings. The van der Waals surface area contributed by atoms with Crippen molar-refractivity contribution in [2.45, 2.75) is 52.7 Å². The van der Waals surface area contributed by atoms with E-state index in [0.717, 1.165) is 23.4 Å². The fourth-order valence-electron chi connectivity index (χ4n) is 3.37. The molecule has 0 spiro atoms. The first-order valence-corrected chi connectivity index (χ1v) is 8.66. The highest BCUT2D eigenvalue weighted by Gasteiger charge is 2.35. The lowest BCUT2D eigenvalue weighted by atomic mass is 10.1. The molecule has 126 valence electrons. The lowest BCUT2D eigenvalue weighted by Gasteiger charge is -2.28. The molecule has 2 aromatic carbocycles. The summed E-state index contributed by atoms with van der Waals surface area (Å²) in [5, 5.41) is 0. The van der Waals surface area contributed by atoms with Gasteiger partial charge in [0.1, 0.15) is 5.75 Å². The molecule has 0 aliphatic carbocycles. The van der Waals surface area contributed by atoms with Crippen LogP contribution in [0.4, 0.5) is 5.69 Å². The Morgan fingerprint density at radius 2 is 1.96 bits per heavy atom. The third kappa shape index (κ3) is 2.91. The first-order chi connectivity index (χ1) is 11.5. The summed E-state index contributed by atoms with van der Waals surface area (Å²) in [6.07, 6.45) is 1.10. The van der Waals surface area contributed by atoms with Crippen molar-refractivity contribution in [1.29, 1.82) is 0 Å². The van der Waals surface area contributed by atoms with Crippen LogP contribution in [0.5, 0.6) is 5.75 Å². The monoisotopic (exact) mass is 323 g/mol. The van der Waals surface area contributed by atoms with Crippen LogP contribution < -0.4 is 9.64 Å². The summed E-state index contributed by atoms with van der Waals surface area (Å²) in [7, 11) is 0. The highest BCUT2D eigenvalue weighted by Crippen LogP contribution is 2.33. The number of aryl methyl sites for hydroxylation is 1. The van der Waals surface area contributed by atoms with E-state index in [2.05, 4.69) is 26.0 Å². The second kappa shape index (κ2) is 6.68. The Morgan fingerprint density at radius 1 is 1.21 bits per heavy atom. The Labute approximate surface area is 144 Å². The van der Waals surface area contributed by atoms with Crippen molar-refractivity contribution in [2.75, 3.05) is 4.90 Å². The molecule has 0 aromatic heterocycles. The number of hydrogen-bond donors (Lipinski definition) is 0. The van der Waals surface area contributed by atoms with Crippen LogP contribution in [0, 0.1) is 13.8 Å². The van der Waals surface area contributed by atoms with Crippen molar-refractivity contribution in [3.05, 3.63) is 59.2 Å². The maximum atomic E-state index is 13.2. The number of ether oxygens (including phenoxy) is 1. The number of para-hydroxylation sites is 1. The van der Waals surface area contributed by atoms with Crippen molar-refractivity contribution in [3.63, 3.8) is 0 Å². The molecule has 0 bridgehead atoms. The molecule has 2 aromatic rings. The summed E-state index contributed by atoms with van der Waals surface area (Å²) >= 11 is 0. The Bertz CT molecular complexity index is 753. The molecule has 0 N–H and O–H groups in total. The molecule has 1 aliphatic heterocycles. The van der Waals surface area contributed by atoms with E-state index in [1.165, 1.54) is 11.1 Å². The number of carbonyl (C=O) groups is 1. The van der Waals surface area contributed by atoms with Gasteiger partial charge in [-0.25, -0.2) is 0 Å². The number of rotatable bonds is 4. The maximum absolute atomic E-state index is 13.2. The number of nitrogens with zero attached hydrogens (tertiary/aromatic N) is 1. The van der Waals surface area contributed by atoms with Crippen LogP contribution in [0.3, 0.4) is 0 Å². The van der Waals surface area contributed by atoms with E-state index in [9.17, 15) is 4.79 Å². The molecule has 2 atom stereocenters. The van der Waals surface area contributed by atoms with E-state index < -0.39 is 6.10 Å². The van der Waals surface area contributed by atoms with Gasteiger partial charge in [-0.3, -0.25) is 4.79 Å². The van der Waals surface area contributed by atoms with Gasteiger partial charge in [0, 0.05) is 11.7 Å². The molecule has 1 amide bonds. The Morgan fingerprint density at radius 3 is 2.71 bits per heavy atom. The first kappa shape index (κ1) is 16.6. The van der Waals surface area contributed by atoms with E-state index >= 15 is 0 Å². The number of amides is 1. The minimum Gasteiger partial charge on any atom is -0.480 e. The van der Waals surface area contributed by atoms with Gasteiger partial charge >= 0.3 is 0 Å². The van der Waals surface area contributed by atoms with Gasteiger partial charge in [0.05, 0.1) is 0 Å². The van der Waals surface area contributed by atoms with Crippen LogP contribution in [0.1, 0.15) is 37.0 Å². The Balaban J connectivity index is 1.86. The first-order valence-electron chi connectivity index (χ1n) is 8.66. The van der Waals surface area contributed by atoms with Crippen molar-refractivity contribution in [3.8, 4) is 5.75 Å². The number of benzene rings is 2. The fourth-order valence-corrected chi connectivity index (χ4v) is 3.37. The van der Waals surface area contributed by atoms with Crippen molar-refractivity contribution in [2.24, 2.45) is 0 Å². The van der Waals surface area contributed by atoms with E-state index in [-0.39, 0.29) is 11.9 Å². The third-order valence-electron chi connectivity index (χ3n) is 4.92. The van der Waals surface area contributed by atoms with E-state index in [1.807, 2.05) is 49.1 Å². The smallest absolute Gasteiger partial charge is 0.268 e. The maximum Gasteiger partial charge on any atom is 0.268 e. The van der Waals surface area contributed by atoms with Gasteiger partial charge in [0.15, 0.2) is 6.10 Å². The zero-order valence-electron chi connectivity index (χ0n) is 14.9. The Hall–Kier alpha value is -2.29. The number of anilines is 1. The van der Waals surface area contributed by atoms with E-state index in [1.54, 1.807) is 0 Å². The van der Waals surface area contributed by atoms with Crippen molar-refractivity contribution in [1.82, 2.24) is 0 Å². The van der Waals surface area contributed by atoms with Crippen molar-refractivity contribution < 1.29 is 9.53 Å². The highest BCUT2D eigenvalue weighted by atomic mass is 16.5. The second-order valence-electron chi connectivity index (χ2n) is 6.60. The van der Waals surface area contributed by atoms with Gasteiger partial charge in [-0.15, -0.1) is 0 Å². The van der Waals surface area contributed by atoms with Crippen molar-refractivity contribution >= 4 is 11.6 Å². The molecular formula is C21H25NO2. The average molecular weight is 323 g/mol. The van der Waals surface area contributed by atoms with Gasteiger partial charge in [0.2, 0.25) is 0 Å². The molecule has 0 saturated carbocycles. The number of hydrogen-bond acceptors (Lipinski definition) is 2. The summed E-state index contributed by atoms with van der Waals surface area (Å²) in [6.45, 7) is 8.20. The van der Waals surface area contributed by atoms with Gasteiger partial charge < -0.3 is 9.64 Å². The predicted octanol–water partition coefficient (Wildman–Crippen LogP) is 4.44. The van der Waals surface area contributed by atoms with E-state index in [0.29, 0.717) is 6.42 Å². The summed E-state index contributed by atoms with van der Waals surface area (Å²) in [4.78, 5) is 15.1. The summed E-state index contributed by atoms with van der Waals surface area (Å²) in [6, 6.07) is 14.3. The topological polar surface area (TPSA) is 29.5 Å². The second-order valence-corrected chi connectivity index (χ2v) is 6.60. The molecule has 3 nitrogen and oxygen atoms in total. The standard InChI is InChI=1S/C21H25NO2/c1-5-19(24-20-12-8-9-14(2)16(20)4)21(23)22-15(3)13-17-10-6-7-11-18(17)22/h6-12,15,19H,5,13H2,1-4H3/t15-,19-/m0/s1. The quantitative estimate of drug-likeness (QED) is 0.832. The lowest BCUT2D eigenvalue weighted by Crippen LogP contribution is -2.44. The number of carbonyl (C=O) groups excluding carboxylic acids is 1.